The second kappa shape index (κ2) is 25.7. The van der Waals surface area contributed by atoms with E-state index in [9.17, 15) is 14.4 Å². The largest absolute Gasteiger partial charge is 0.356 e. The van der Waals surface area contributed by atoms with Crippen molar-refractivity contribution in [2.24, 2.45) is 0 Å². The SMILES string of the molecule is CCCCCCCCCCCCNC(=O)CCC(NC(=O)c1cccc2ccsc12)C(=O)NCCCCCCCCCCCC. The molecule has 1 heterocycles. The first-order valence-electron chi connectivity index (χ1n) is 18.4. The molecule has 0 spiro atoms. The quantitative estimate of drug-likeness (QED) is 0.0808. The fourth-order valence-corrected chi connectivity index (χ4v) is 6.74. The van der Waals surface area contributed by atoms with Crippen molar-refractivity contribution in [1.82, 2.24) is 16.0 Å². The lowest BCUT2D eigenvalue weighted by molar-refractivity contribution is -0.124. The maximum absolute atomic E-state index is 13.3. The Hall–Kier alpha value is -2.41. The number of amides is 3. The number of carbonyl (C=O) groups excluding carboxylic acids is 3. The van der Waals surface area contributed by atoms with Crippen LogP contribution in [0.25, 0.3) is 10.1 Å². The molecule has 7 heteroatoms. The third-order valence-corrected chi connectivity index (χ3v) is 9.65. The Kier molecular flexibility index (Phi) is 22.2. The van der Waals surface area contributed by atoms with Gasteiger partial charge in [-0.3, -0.25) is 14.4 Å². The second-order valence-corrected chi connectivity index (χ2v) is 13.6. The number of benzene rings is 1. The molecule has 6 nitrogen and oxygen atoms in total. The Morgan fingerprint density at radius 1 is 0.644 bits per heavy atom. The van der Waals surface area contributed by atoms with Gasteiger partial charge in [0.2, 0.25) is 11.8 Å². The minimum Gasteiger partial charge on any atom is -0.356 e. The minimum atomic E-state index is -0.751. The smallest absolute Gasteiger partial charge is 0.253 e. The number of fused-ring (bicyclic) bond motifs is 1. The second-order valence-electron chi connectivity index (χ2n) is 12.7. The highest BCUT2D eigenvalue weighted by atomic mass is 32.1. The summed E-state index contributed by atoms with van der Waals surface area (Å²) in [4.78, 5) is 39.1. The average molecular weight is 642 g/mol. The highest BCUT2D eigenvalue weighted by Gasteiger charge is 2.23. The van der Waals surface area contributed by atoms with Crippen LogP contribution in [-0.2, 0) is 9.59 Å². The molecule has 1 aromatic carbocycles. The van der Waals surface area contributed by atoms with Crippen LogP contribution >= 0.6 is 11.3 Å². The van der Waals surface area contributed by atoms with Crippen molar-refractivity contribution in [3.8, 4) is 0 Å². The third kappa shape index (κ3) is 17.8. The molecule has 45 heavy (non-hydrogen) atoms. The van der Waals surface area contributed by atoms with Crippen LogP contribution < -0.4 is 16.0 Å². The molecule has 0 aliphatic rings. The summed E-state index contributed by atoms with van der Waals surface area (Å²) in [6, 6.07) is 6.89. The van der Waals surface area contributed by atoms with E-state index in [1.54, 1.807) is 6.07 Å². The number of thiophene rings is 1. The van der Waals surface area contributed by atoms with E-state index >= 15 is 0 Å². The molecular weight excluding hydrogens is 579 g/mol. The fourth-order valence-electron chi connectivity index (χ4n) is 5.83. The van der Waals surface area contributed by atoms with Crippen LogP contribution in [0, 0.1) is 0 Å². The molecule has 1 aromatic heterocycles. The van der Waals surface area contributed by atoms with E-state index in [-0.39, 0.29) is 30.6 Å². The summed E-state index contributed by atoms with van der Waals surface area (Å²) in [5.74, 6) is -0.541. The van der Waals surface area contributed by atoms with Crippen molar-refractivity contribution in [1.29, 1.82) is 0 Å². The maximum atomic E-state index is 13.3. The molecule has 2 aromatic rings. The fraction of sp³-hybridized carbons (Fsp3) is 0.711. The molecule has 0 fully saturated rings. The van der Waals surface area contributed by atoms with E-state index in [0.717, 1.165) is 35.8 Å². The predicted octanol–water partition coefficient (Wildman–Crippen LogP) is 9.85. The molecule has 3 N–H and O–H groups in total. The number of carbonyl (C=O) groups is 3. The Bertz CT molecular complexity index is 1070. The Morgan fingerprint density at radius 2 is 1.16 bits per heavy atom. The molecule has 0 saturated heterocycles. The third-order valence-electron chi connectivity index (χ3n) is 8.69. The van der Waals surface area contributed by atoms with Gasteiger partial charge in [0.05, 0.1) is 5.56 Å². The van der Waals surface area contributed by atoms with Gasteiger partial charge in [-0.25, -0.2) is 0 Å². The van der Waals surface area contributed by atoms with Crippen LogP contribution in [0.2, 0.25) is 0 Å². The Labute approximate surface area is 278 Å². The Balaban J connectivity index is 1.72. The molecule has 2 rings (SSSR count). The zero-order valence-corrected chi connectivity index (χ0v) is 29.4. The average Bonchev–Trinajstić information content (AvgIpc) is 3.53. The van der Waals surface area contributed by atoms with Gasteiger partial charge in [0.15, 0.2) is 0 Å². The number of nitrogens with one attached hydrogen (secondary N) is 3. The van der Waals surface area contributed by atoms with Gasteiger partial charge in [-0.05, 0) is 42.2 Å². The van der Waals surface area contributed by atoms with Gasteiger partial charge in [-0.1, -0.05) is 142 Å². The van der Waals surface area contributed by atoms with E-state index in [1.165, 1.54) is 114 Å². The normalized spacial score (nSPS) is 11.9. The molecule has 0 bridgehead atoms. The summed E-state index contributed by atoms with van der Waals surface area (Å²) in [6.45, 7) is 5.75. The number of rotatable bonds is 28. The molecule has 254 valence electrons. The number of unbranched alkanes of at least 4 members (excludes halogenated alkanes) is 18. The van der Waals surface area contributed by atoms with Crippen LogP contribution in [0.3, 0.4) is 0 Å². The van der Waals surface area contributed by atoms with Crippen molar-refractivity contribution < 1.29 is 14.4 Å². The molecule has 3 amide bonds. The zero-order valence-electron chi connectivity index (χ0n) is 28.6. The molecule has 0 aliphatic carbocycles. The zero-order chi connectivity index (χ0) is 32.4. The van der Waals surface area contributed by atoms with Crippen LogP contribution in [0.1, 0.15) is 165 Å². The lowest BCUT2D eigenvalue weighted by Gasteiger charge is -2.19. The summed E-state index contributed by atoms with van der Waals surface area (Å²) >= 11 is 1.52. The van der Waals surface area contributed by atoms with E-state index in [2.05, 4.69) is 29.8 Å². The number of hydrogen-bond acceptors (Lipinski definition) is 4. The first-order chi connectivity index (χ1) is 22.1. The molecule has 1 unspecified atom stereocenters. The predicted molar refractivity (Wildman–Crippen MR) is 192 cm³/mol. The van der Waals surface area contributed by atoms with Crippen molar-refractivity contribution in [3.63, 3.8) is 0 Å². The summed E-state index contributed by atoms with van der Waals surface area (Å²) < 4.78 is 0.911. The van der Waals surface area contributed by atoms with Gasteiger partial charge in [0.25, 0.3) is 5.91 Å². The van der Waals surface area contributed by atoms with Gasteiger partial charge < -0.3 is 16.0 Å². The first kappa shape index (κ1) is 38.8. The summed E-state index contributed by atoms with van der Waals surface area (Å²) in [6.07, 6.45) is 25.5. The topological polar surface area (TPSA) is 87.3 Å². The molecular formula is C38H63N3O3S. The minimum absolute atomic E-state index is 0.0620. The van der Waals surface area contributed by atoms with Gasteiger partial charge in [0.1, 0.15) is 6.04 Å². The van der Waals surface area contributed by atoms with Crippen molar-refractivity contribution >= 4 is 39.1 Å². The number of hydrogen-bond donors (Lipinski definition) is 3. The standard InChI is InChI=1S/C38H63N3O3S/c1-3-5-7-9-11-13-15-17-19-21-29-39-35(42)27-26-34(41-37(43)33-25-23-24-32-28-31-45-36(32)33)38(44)40-30-22-20-18-16-14-12-10-8-6-4-2/h23-25,28,31,34H,3-22,26-27,29-30H2,1-2H3,(H,39,42)(H,40,44)(H,41,43). The molecule has 0 saturated carbocycles. The van der Waals surface area contributed by atoms with Crippen LogP contribution in [0.4, 0.5) is 0 Å². The van der Waals surface area contributed by atoms with Crippen molar-refractivity contribution in [3.05, 3.63) is 35.2 Å². The monoisotopic (exact) mass is 641 g/mol. The van der Waals surface area contributed by atoms with E-state index in [0.29, 0.717) is 18.7 Å². The van der Waals surface area contributed by atoms with Crippen LogP contribution in [-0.4, -0.2) is 36.9 Å². The van der Waals surface area contributed by atoms with E-state index in [1.807, 2.05) is 23.6 Å². The van der Waals surface area contributed by atoms with Gasteiger partial charge in [0, 0.05) is 24.2 Å². The van der Waals surface area contributed by atoms with Crippen molar-refractivity contribution in [2.45, 2.75) is 161 Å². The highest BCUT2D eigenvalue weighted by Crippen LogP contribution is 2.24. The van der Waals surface area contributed by atoms with Gasteiger partial charge >= 0.3 is 0 Å². The highest BCUT2D eigenvalue weighted by molar-refractivity contribution is 7.17. The lowest BCUT2D eigenvalue weighted by Crippen LogP contribution is -2.47. The summed E-state index contributed by atoms with van der Waals surface area (Å²) in [7, 11) is 0. The first-order valence-corrected chi connectivity index (χ1v) is 19.3. The van der Waals surface area contributed by atoms with Crippen molar-refractivity contribution in [2.75, 3.05) is 13.1 Å². The molecule has 0 radical (unpaired) electrons. The van der Waals surface area contributed by atoms with Gasteiger partial charge in [-0.2, -0.15) is 0 Å². The van der Waals surface area contributed by atoms with E-state index in [4.69, 9.17) is 0 Å². The molecule has 1 atom stereocenters. The van der Waals surface area contributed by atoms with Crippen LogP contribution in [0.15, 0.2) is 29.6 Å². The van der Waals surface area contributed by atoms with Crippen LogP contribution in [0.5, 0.6) is 0 Å². The van der Waals surface area contributed by atoms with Gasteiger partial charge in [-0.15, -0.1) is 11.3 Å². The molecule has 0 aliphatic heterocycles. The maximum Gasteiger partial charge on any atom is 0.253 e. The van der Waals surface area contributed by atoms with E-state index < -0.39 is 6.04 Å². The lowest BCUT2D eigenvalue weighted by atomic mass is 10.1. The summed E-state index contributed by atoms with van der Waals surface area (Å²) in [5.41, 5.74) is 0.570. The summed E-state index contributed by atoms with van der Waals surface area (Å²) in [5, 5.41) is 12.0. The Morgan fingerprint density at radius 3 is 1.71 bits per heavy atom.